The monoisotopic (exact) mass is 230 g/mol. The van der Waals surface area contributed by atoms with E-state index in [0.717, 1.165) is 5.98 Å². The Morgan fingerprint density at radius 1 is 1.00 bits per heavy atom. The van der Waals surface area contributed by atoms with E-state index in [-0.39, 0.29) is 7.28 Å². The van der Waals surface area contributed by atoms with Gasteiger partial charge in [0.25, 0.3) is 5.60 Å². The van der Waals surface area contributed by atoms with Crippen LogP contribution in [0, 0.1) is 0 Å². The van der Waals surface area contributed by atoms with Gasteiger partial charge < -0.3 is 5.11 Å². The van der Waals surface area contributed by atoms with Gasteiger partial charge in [-0.15, -0.1) is 12.0 Å². The smallest absolute Gasteiger partial charge is 0.370 e. The minimum Gasteiger partial charge on any atom is -0.370 e. The first-order chi connectivity index (χ1) is 6.61. The summed E-state index contributed by atoms with van der Waals surface area (Å²) in [5.41, 5.74) is -5.95. The molecule has 0 radical (unpaired) electrons. The fraction of sp³-hybridized carbons (Fsp3) is 0.429. The highest BCUT2D eigenvalue weighted by Crippen LogP contribution is 2.48. The lowest BCUT2D eigenvalue weighted by Crippen LogP contribution is -2.57. The lowest BCUT2D eigenvalue weighted by Gasteiger charge is -2.32. The number of hydrogen-bond donors (Lipinski definition) is 1. The molecule has 1 rings (SSSR count). The van der Waals surface area contributed by atoms with Crippen LogP contribution in [0.25, 0.3) is 0 Å². The average molecular weight is 230 g/mol. The molecule has 0 saturated heterocycles. The Morgan fingerprint density at radius 3 is 1.73 bits per heavy atom. The van der Waals surface area contributed by atoms with E-state index in [2.05, 4.69) is 0 Å². The Morgan fingerprint density at radius 2 is 1.47 bits per heavy atom. The van der Waals surface area contributed by atoms with Crippen molar-refractivity contribution in [3.63, 3.8) is 0 Å². The van der Waals surface area contributed by atoms with Crippen molar-refractivity contribution >= 4 is 7.28 Å². The summed E-state index contributed by atoms with van der Waals surface area (Å²) >= 11 is 0. The minimum atomic E-state index is -5.79. The molecule has 84 valence electrons. The number of halogens is 6. The van der Waals surface area contributed by atoms with Gasteiger partial charge in [-0.05, 0) is 5.57 Å². The minimum absolute atomic E-state index is 0.0518. The highest BCUT2D eigenvalue weighted by Gasteiger charge is 2.71. The van der Waals surface area contributed by atoms with Crippen molar-refractivity contribution in [2.24, 2.45) is 0 Å². The molecule has 0 fully saturated rings. The Hall–Kier alpha value is -0.915. The van der Waals surface area contributed by atoms with Crippen molar-refractivity contribution in [2.75, 3.05) is 0 Å². The van der Waals surface area contributed by atoms with E-state index in [1.54, 1.807) is 0 Å². The maximum Gasteiger partial charge on any atom is 0.430 e. The first-order valence-corrected chi connectivity index (χ1v) is 3.83. The van der Waals surface area contributed by atoms with Gasteiger partial charge in [-0.2, -0.15) is 26.3 Å². The third-order valence-corrected chi connectivity index (χ3v) is 2.01. The van der Waals surface area contributed by atoms with E-state index in [9.17, 15) is 26.3 Å². The van der Waals surface area contributed by atoms with Gasteiger partial charge in [0.05, 0.1) is 0 Å². The Balaban J connectivity index is 3.25. The van der Waals surface area contributed by atoms with E-state index in [1.165, 1.54) is 0 Å². The summed E-state index contributed by atoms with van der Waals surface area (Å²) < 4.78 is 73.2. The van der Waals surface area contributed by atoms with Gasteiger partial charge in [0, 0.05) is 0 Å². The van der Waals surface area contributed by atoms with Crippen LogP contribution in [0.15, 0.2) is 23.6 Å². The molecular weight excluding hydrogens is 225 g/mol. The third-order valence-electron chi connectivity index (χ3n) is 2.01. The number of rotatable bonds is 1. The highest BCUT2D eigenvalue weighted by molar-refractivity contribution is 6.49. The van der Waals surface area contributed by atoms with Crippen molar-refractivity contribution in [1.29, 1.82) is 0 Å². The standard InChI is InChI=1S/C7H5BF6O/c9-6(10,11)5(15,7(12,13)14)4-1-2-8-3-4/h1-3,8,15H. The van der Waals surface area contributed by atoms with Crippen LogP contribution in [0.4, 0.5) is 26.3 Å². The molecule has 0 spiro atoms. The number of aliphatic hydroxyl groups is 1. The normalized spacial score (nSPS) is 17.7. The Bertz CT molecular complexity index is 298. The van der Waals surface area contributed by atoms with Crippen molar-refractivity contribution in [3.8, 4) is 0 Å². The molecule has 1 N–H and O–H groups in total. The molecular formula is C7H5BF6O. The lowest BCUT2D eigenvalue weighted by molar-refractivity contribution is -0.350. The summed E-state index contributed by atoms with van der Waals surface area (Å²) in [5.74, 6) is 1.80. The van der Waals surface area contributed by atoms with Gasteiger partial charge in [-0.3, -0.25) is 0 Å². The fourth-order valence-electron chi connectivity index (χ4n) is 1.21. The predicted octanol–water partition coefficient (Wildman–Crippen LogP) is 1.69. The number of alkyl halides is 6. The fourth-order valence-corrected chi connectivity index (χ4v) is 1.21. The third kappa shape index (κ3) is 1.78. The summed E-state index contributed by atoms with van der Waals surface area (Å²) in [6.07, 6.45) is -10.9. The van der Waals surface area contributed by atoms with Crippen molar-refractivity contribution in [1.82, 2.24) is 0 Å². The van der Waals surface area contributed by atoms with Crippen LogP contribution in [0.5, 0.6) is 0 Å². The van der Waals surface area contributed by atoms with E-state index >= 15 is 0 Å². The topological polar surface area (TPSA) is 20.2 Å². The summed E-state index contributed by atoms with van der Waals surface area (Å²) in [4.78, 5) is 0. The van der Waals surface area contributed by atoms with Crippen LogP contribution < -0.4 is 0 Å². The van der Waals surface area contributed by atoms with Crippen LogP contribution in [0.1, 0.15) is 0 Å². The van der Waals surface area contributed by atoms with Crippen LogP contribution >= 0.6 is 0 Å². The van der Waals surface area contributed by atoms with Gasteiger partial charge in [0.15, 0.2) is 7.28 Å². The van der Waals surface area contributed by atoms with Crippen LogP contribution in [-0.4, -0.2) is 30.3 Å². The van der Waals surface area contributed by atoms with Gasteiger partial charge in [0.2, 0.25) is 0 Å². The molecule has 15 heavy (non-hydrogen) atoms. The first kappa shape index (κ1) is 12.2. The zero-order chi connectivity index (χ0) is 11.9. The molecule has 0 unspecified atom stereocenters. The molecule has 1 nitrogen and oxygen atoms in total. The Kier molecular flexibility index (Phi) is 2.67. The molecule has 1 heterocycles. The van der Waals surface area contributed by atoms with Gasteiger partial charge in [0.1, 0.15) is 0 Å². The summed E-state index contributed by atoms with van der Waals surface area (Å²) in [5, 5.41) is 8.81. The molecule has 0 aromatic carbocycles. The molecule has 0 bridgehead atoms. The van der Waals surface area contributed by atoms with Gasteiger partial charge in [-0.25, -0.2) is 0 Å². The maximum absolute atomic E-state index is 12.2. The second-order valence-corrected chi connectivity index (χ2v) is 3.00. The SMILES string of the molecule is OC(C1=CBC=C1)(C(F)(F)F)C(F)(F)F. The summed E-state index contributed by atoms with van der Waals surface area (Å²) in [6, 6.07) is 0. The van der Waals surface area contributed by atoms with E-state index in [1.807, 2.05) is 0 Å². The van der Waals surface area contributed by atoms with Crippen molar-refractivity contribution in [3.05, 3.63) is 23.6 Å². The van der Waals surface area contributed by atoms with Crippen LogP contribution in [0.2, 0.25) is 0 Å². The van der Waals surface area contributed by atoms with Crippen LogP contribution in [0.3, 0.4) is 0 Å². The van der Waals surface area contributed by atoms with Crippen LogP contribution in [-0.2, 0) is 0 Å². The molecule has 0 aromatic heterocycles. The van der Waals surface area contributed by atoms with E-state index in [4.69, 9.17) is 5.11 Å². The van der Waals surface area contributed by atoms with E-state index < -0.39 is 23.5 Å². The van der Waals surface area contributed by atoms with Crippen molar-refractivity contribution in [2.45, 2.75) is 18.0 Å². The second-order valence-electron chi connectivity index (χ2n) is 3.00. The molecule has 0 atom stereocenters. The zero-order valence-corrected chi connectivity index (χ0v) is 7.15. The highest BCUT2D eigenvalue weighted by atomic mass is 19.4. The molecule has 0 aromatic rings. The first-order valence-electron chi connectivity index (χ1n) is 3.83. The van der Waals surface area contributed by atoms with Crippen molar-refractivity contribution < 1.29 is 31.4 Å². The number of hydrogen-bond acceptors (Lipinski definition) is 1. The molecule has 1 aliphatic rings. The zero-order valence-electron chi connectivity index (χ0n) is 7.15. The molecule has 1 aliphatic heterocycles. The second kappa shape index (κ2) is 3.29. The van der Waals surface area contributed by atoms with Gasteiger partial charge >= 0.3 is 12.4 Å². The largest absolute Gasteiger partial charge is 0.430 e. The predicted molar refractivity (Wildman–Crippen MR) is 41.4 cm³/mol. The lowest BCUT2D eigenvalue weighted by atomic mass is 9.80. The summed E-state index contributed by atoms with van der Waals surface area (Å²) in [6.45, 7) is 0. The summed E-state index contributed by atoms with van der Waals surface area (Å²) in [7, 11) is -0.0518. The maximum atomic E-state index is 12.2. The quantitative estimate of drug-likeness (QED) is 0.536. The van der Waals surface area contributed by atoms with Gasteiger partial charge in [-0.1, -0.05) is 6.08 Å². The molecule has 8 heteroatoms. The Labute approximate surface area is 81.3 Å². The molecule has 0 amide bonds. The molecule has 0 saturated carbocycles. The van der Waals surface area contributed by atoms with E-state index in [0.29, 0.717) is 12.1 Å². The molecule has 0 aliphatic carbocycles. The average Bonchev–Trinajstić information content (AvgIpc) is 2.49.